The molecule has 1 aromatic rings. The third-order valence-electron chi connectivity index (χ3n) is 3.06. The summed E-state index contributed by atoms with van der Waals surface area (Å²) >= 11 is 5.98. The molecule has 0 amide bonds. The summed E-state index contributed by atoms with van der Waals surface area (Å²) in [5.41, 5.74) is 6.55. The molecular weight excluding hydrogens is 228 g/mol. The molecule has 0 atom stereocenters. The van der Waals surface area contributed by atoms with Crippen molar-refractivity contribution in [2.24, 2.45) is 5.73 Å². The van der Waals surface area contributed by atoms with Crippen LogP contribution >= 0.6 is 11.6 Å². The highest BCUT2D eigenvalue weighted by atomic mass is 35.5. The lowest BCUT2D eigenvalue weighted by Gasteiger charge is -2.09. The molecule has 0 spiro atoms. The van der Waals surface area contributed by atoms with Crippen LogP contribution in [0.5, 0.6) is 0 Å². The van der Waals surface area contributed by atoms with E-state index < -0.39 is 4.92 Å². The molecule has 0 radical (unpaired) electrons. The highest BCUT2D eigenvalue weighted by molar-refractivity contribution is 6.31. The maximum Gasteiger partial charge on any atom is 0.274 e. The first-order chi connectivity index (χ1) is 7.52. The molecule has 4 nitrogen and oxygen atoms in total. The molecule has 0 heterocycles. The van der Waals surface area contributed by atoms with Gasteiger partial charge in [0.2, 0.25) is 0 Å². The van der Waals surface area contributed by atoms with Crippen molar-refractivity contribution in [3.8, 4) is 0 Å². The fraction of sp³-hybridized carbons (Fsp3) is 0.455. The van der Waals surface area contributed by atoms with E-state index in [0.29, 0.717) is 17.0 Å². The summed E-state index contributed by atoms with van der Waals surface area (Å²) in [5, 5.41) is 11.3. The Labute approximate surface area is 98.5 Å². The molecule has 1 aliphatic rings. The third-order valence-corrected chi connectivity index (χ3v) is 3.41. The van der Waals surface area contributed by atoms with E-state index in [2.05, 4.69) is 0 Å². The zero-order valence-corrected chi connectivity index (χ0v) is 9.54. The van der Waals surface area contributed by atoms with E-state index in [-0.39, 0.29) is 11.2 Å². The van der Waals surface area contributed by atoms with Crippen molar-refractivity contribution in [3.63, 3.8) is 0 Å². The van der Waals surface area contributed by atoms with Crippen LogP contribution in [0.2, 0.25) is 5.02 Å². The molecule has 0 bridgehead atoms. The Hall–Kier alpha value is -1.13. The maximum absolute atomic E-state index is 10.8. The monoisotopic (exact) mass is 240 g/mol. The van der Waals surface area contributed by atoms with E-state index in [1.807, 2.05) is 0 Å². The maximum atomic E-state index is 10.8. The molecule has 5 heteroatoms. The second-order valence-corrected chi connectivity index (χ2v) is 4.76. The van der Waals surface area contributed by atoms with E-state index in [9.17, 15) is 10.1 Å². The number of halogens is 1. The van der Waals surface area contributed by atoms with Gasteiger partial charge in [0, 0.05) is 17.2 Å². The number of benzene rings is 1. The largest absolute Gasteiger partial charge is 0.325 e. The summed E-state index contributed by atoms with van der Waals surface area (Å²) in [4.78, 5) is 10.4. The minimum Gasteiger partial charge on any atom is -0.325 e. The number of nitrogens with zero attached hydrogens (tertiary/aromatic N) is 1. The first kappa shape index (κ1) is 11.4. The van der Waals surface area contributed by atoms with E-state index >= 15 is 0 Å². The molecule has 1 fully saturated rings. The number of hydrogen-bond acceptors (Lipinski definition) is 3. The van der Waals surface area contributed by atoms with Gasteiger partial charge in [-0.2, -0.15) is 0 Å². The Morgan fingerprint density at radius 2 is 2.19 bits per heavy atom. The highest BCUT2D eigenvalue weighted by Gasteiger charge is 2.38. The summed E-state index contributed by atoms with van der Waals surface area (Å²) < 4.78 is 0. The lowest BCUT2D eigenvalue weighted by atomic mass is 10.0. The molecule has 0 aliphatic heterocycles. The Morgan fingerprint density at radius 3 is 2.75 bits per heavy atom. The molecule has 0 saturated heterocycles. The summed E-state index contributed by atoms with van der Waals surface area (Å²) in [6, 6.07) is 4.76. The predicted octanol–water partition coefficient (Wildman–Crippen LogP) is 2.67. The van der Waals surface area contributed by atoms with Gasteiger partial charge in [-0.15, -0.1) is 0 Å². The van der Waals surface area contributed by atoms with Crippen LogP contribution in [0.25, 0.3) is 0 Å². The fourth-order valence-electron chi connectivity index (χ4n) is 1.75. The van der Waals surface area contributed by atoms with Crippen LogP contribution < -0.4 is 5.73 Å². The van der Waals surface area contributed by atoms with Crippen molar-refractivity contribution < 1.29 is 4.92 Å². The van der Waals surface area contributed by atoms with Crippen molar-refractivity contribution in [2.75, 3.05) is 0 Å². The van der Waals surface area contributed by atoms with Crippen molar-refractivity contribution >= 4 is 17.3 Å². The molecule has 0 unspecified atom stereocenters. The van der Waals surface area contributed by atoms with Crippen molar-refractivity contribution in [1.82, 2.24) is 0 Å². The van der Waals surface area contributed by atoms with Gasteiger partial charge in [0.15, 0.2) is 0 Å². The summed E-state index contributed by atoms with van der Waals surface area (Å²) in [5.74, 6) is 0. The van der Waals surface area contributed by atoms with Crippen LogP contribution in [-0.4, -0.2) is 10.5 Å². The van der Waals surface area contributed by atoms with Gasteiger partial charge in [0.1, 0.15) is 0 Å². The zero-order valence-electron chi connectivity index (χ0n) is 8.78. The third kappa shape index (κ3) is 2.33. The summed E-state index contributed by atoms with van der Waals surface area (Å²) in [6.07, 6.45) is 3.35. The highest BCUT2D eigenvalue weighted by Crippen LogP contribution is 2.38. The van der Waals surface area contributed by atoms with Gasteiger partial charge in [0.05, 0.1) is 9.95 Å². The Balaban J connectivity index is 2.20. The van der Waals surface area contributed by atoms with Gasteiger partial charge in [-0.1, -0.05) is 17.7 Å². The van der Waals surface area contributed by atoms with Crippen molar-refractivity contribution in [1.29, 1.82) is 0 Å². The van der Waals surface area contributed by atoms with Gasteiger partial charge < -0.3 is 5.73 Å². The molecule has 0 aromatic heterocycles. The quantitative estimate of drug-likeness (QED) is 0.650. The average Bonchev–Trinajstić information content (AvgIpc) is 2.95. The van der Waals surface area contributed by atoms with Gasteiger partial charge >= 0.3 is 0 Å². The van der Waals surface area contributed by atoms with Crippen LogP contribution in [0.3, 0.4) is 0 Å². The molecule has 2 N–H and O–H groups in total. The van der Waals surface area contributed by atoms with Crippen LogP contribution in [-0.2, 0) is 6.42 Å². The molecule has 86 valence electrons. The summed E-state index contributed by atoms with van der Waals surface area (Å²) in [6.45, 7) is 0. The predicted molar refractivity (Wildman–Crippen MR) is 62.6 cm³/mol. The molecule has 1 saturated carbocycles. The minimum absolute atomic E-state index is 0.0942. The number of nitrogens with two attached hydrogens (primary N) is 1. The minimum atomic E-state index is -0.392. The van der Waals surface area contributed by atoms with E-state index in [1.54, 1.807) is 12.1 Å². The lowest BCUT2D eigenvalue weighted by molar-refractivity contribution is -0.385. The molecule has 1 aliphatic carbocycles. The fourth-order valence-corrected chi connectivity index (χ4v) is 2.01. The Kier molecular flexibility index (Phi) is 2.86. The molecule has 16 heavy (non-hydrogen) atoms. The average molecular weight is 241 g/mol. The van der Waals surface area contributed by atoms with Crippen LogP contribution in [0.4, 0.5) is 5.69 Å². The molecule has 1 aromatic carbocycles. The SMILES string of the molecule is NC1(CCc2c(Cl)cccc2[N+](=O)[O-])CC1. The Bertz CT molecular complexity index is 430. The Morgan fingerprint density at radius 1 is 1.50 bits per heavy atom. The van der Waals surface area contributed by atoms with Crippen molar-refractivity contribution in [3.05, 3.63) is 38.9 Å². The topological polar surface area (TPSA) is 69.2 Å². The number of nitro groups is 1. The second kappa shape index (κ2) is 4.03. The van der Waals surface area contributed by atoms with Crippen LogP contribution in [0.1, 0.15) is 24.8 Å². The van der Waals surface area contributed by atoms with Crippen LogP contribution in [0.15, 0.2) is 18.2 Å². The first-order valence-electron chi connectivity index (χ1n) is 5.22. The van der Waals surface area contributed by atoms with Gasteiger partial charge in [0.25, 0.3) is 5.69 Å². The number of nitro benzene ring substituents is 1. The van der Waals surface area contributed by atoms with Gasteiger partial charge in [-0.05, 0) is 31.7 Å². The first-order valence-corrected chi connectivity index (χ1v) is 5.60. The summed E-state index contributed by atoms with van der Waals surface area (Å²) in [7, 11) is 0. The van der Waals surface area contributed by atoms with Gasteiger partial charge in [-0.25, -0.2) is 0 Å². The van der Waals surface area contributed by atoms with Gasteiger partial charge in [-0.3, -0.25) is 10.1 Å². The normalized spacial score (nSPS) is 17.1. The molecular formula is C11H13ClN2O2. The van der Waals surface area contributed by atoms with E-state index in [0.717, 1.165) is 19.3 Å². The smallest absolute Gasteiger partial charge is 0.274 e. The van der Waals surface area contributed by atoms with E-state index in [1.165, 1.54) is 6.07 Å². The van der Waals surface area contributed by atoms with E-state index in [4.69, 9.17) is 17.3 Å². The lowest BCUT2D eigenvalue weighted by Crippen LogP contribution is -2.22. The van der Waals surface area contributed by atoms with Crippen LogP contribution in [0, 0.1) is 10.1 Å². The molecule has 2 rings (SSSR count). The number of hydrogen-bond donors (Lipinski definition) is 1. The van der Waals surface area contributed by atoms with Crippen molar-refractivity contribution in [2.45, 2.75) is 31.2 Å². The number of rotatable bonds is 4. The standard InChI is InChI=1S/C11H13ClN2O2/c12-9-2-1-3-10(14(15)16)8(9)4-5-11(13)6-7-11/h1-3H,4-7,13H2. The second-order valence-electron chi connectivity index (χ2n) is 4.36. The zero-order chi connectivity index (χ0) is 11.8.